The van der Waals surface area contributed by atoms with Crippen molar-refractivity contribution < 1.29 is 31.5 Å². The van der Waals surface area contributed by atoms with Gasteiger partial charge in [-0.1, -0.05) is 0 Å². The lowest BCUT2D eigenvalue weighted by molar-refractivity contribution is -0.135. The first-order chi connectivity index (χ1) is 9.53. The summed E-state index contributed by atoms with van der Waals surface area (Å²) in [7, 11) is -3.90. The maximum absolute atomic E-state index is 11.9. The Balaban J connectivity index is 2.60. The molecule has 2 N–H and O–H groups in total. The van der Waals surface area contributed by atoms with Crippen molar-refractivity contribution in [2.24, 2.45) is 0 Å². The van der Waals surface area contributed by atoms with Gasteiger partial charge in [0.25, 0.3) is 0 Å². The molecule has 0 aromatic carbocycles. The molecule has 0 atom stereocenters. The van der Waals surface area contributed by atoms with E-state index in [0.29, 0.717) is 4.88 Å². The molecular formula is C11H14F3NO4S2. The van der Waals surface area contributed by atoms with Crippen LogP contribution in [0.2, 0.25) is 0 Å². The molecule has 0 aliphatic heterocycles. The molecular weight excluding hydrogens is 331 g/mol. The van der Waals surface area contributed by atoms with Crippen LogP contribution in [0.1, 0.15) is 33.8 Å². The summed E-state index contributed by atoms with van der Waals surface area (Å²) < 4.78 is 61.8. The Hall–Kier alpha value is -1.13. The fraction of sp³-hybridized carbons (Fsp3) is 0.545. The number of aromatic carboxylic acids is 1. The summed E-state index contributed by atoms with van der Waals surface area (Å²) in [5, 5.41) is 8.80. The second-order valence-corrected chi connectivity index (χ2v) is 7.30. The number of hydrogen-bond acceptors (Lipinski definition) is 4. The van der Waals surface area contributed by atoms with Gasteiger partial charge in [-0.05, 0) is 25.8 Å². The molecule has 1 aromatic heterocycles. The summed E-state index contributed by atoms with van der Waals surface area (Å²) in [5.41, 5.74) is 0. The Morgan fingerprint density at radius 3 is 2.48 bits per heavy atom. The molecule has 0 radical (unpaired) electrons. The fourth-order valence-corrected chi connectivity index (χ4v) is 4.07. The quantitative estimate of drug-likeness (QED) is 0.745. The topological polar surface area (TPSA) is 83.5 Å². The van der Waals surface area contributed by atoms with Crippen molar-refractivity contribution >= 4 is 27.3 Å². The highest BCUT2D eigenvalue weighted by molar-refractivity contribution is 7.89. The summed E-state index contributed by atoms with van der Waals surface area (Å²) >= 11 is 0.829. The zero-order valence-corrected chi connectivity index (χ0v) is 12.7. The standard InChI is InChI=1S/C11H14F3NO4S2/c1-7-9(6-8(20-7)10(16)17)21(18,19)15-5-3-2-4-11(12,13)14/h6,15H,2-5H2,1H3,(H,16,17). The van der Waals surface area contributed by atoms with Crippen molar-refractivity contribution in [1.29, 1.82) is 0 Å². The van der Waals surface area contributed by atoms with Crippen LogP contribution in [0.5, 0.6) is 0 Å². The number of sulfonamides is 1. The number of thiophene rings is 1. The summed E-state index contributed by atoms with van der Waals surface area (Å²) in [6.45, 7) is 1.34. The number of carboxylic acids is 1. The van der Waals surface area contributed by atoms with Gasteiger partial charge < -0.3 is 5.11 Å². The lowest BCUT2D eigenvalue weighted by Crippen LogP contribution is -2.25. The highest BCUT2D eigenvalue weighted by Gasteiger charge is 2.26. The Morgan fingerprint density at radius 1 is 1.38 bits per heavy atom. The molecule has 120 valence electrons. The molecule has 0 fully saturated rings. The number of halogens is 3. The normalized spacial score (nSPS) is 12.6. The van der Waals surface area contributed by atoms with E-state index >= 15 is 0 Å². The van der Waals surface area contributed by atoms with Gasteiger partial charge in [-0.25, -0.2) is 17.9 Å². The number of nitrogens with one attached hydrogen (secondary N) is 1. The number of unbranched alkanes of at least 4 members (excludes halogenated alkanes) is 1. The molecule has 0 saturated carbocycles. The van der Waals surface area contributed by atoms with E-state index in [1.165, 1.54) is 6.92 Å². The molecule has 1 aromatic rings. The Bertz CT molecular complexity index is 607. The predicted molar refractivity (Wildman–Crippen MR) is 71.1 cm³/mol. The van der Waals surface area contributed by atoms with E-state index in [-0.39, 0.29) is 29.2 Å². The van der Waals surface area contributed by atoms with Gasteiger partial charge in [-0.15, -0.1) is 11.3 Å². The molecule has 0 spiro atoms. The lowest BCUT2D eigenvalue weighted by Gasteiger charge is -2.07. The molecule has 0 aliphatic carbocycles. The minimum atomic E-state index is -4.25. The Morgan fingerprint density at radius 2 is 2.00 bits per heavy atom. The van der Waals surface area contributed by atoms with Gasteiger partial charge in [-0.2, -0.15) is 13.2 Å². The third kappa shape index (κ3) is 5.64. The third-order valence-electron chi connectivity index (χ3n) is 2.55. The van der Waals surface area contributed by atoms with E-state index in [1.807, 2.05) is 0 Å². The second-order valence-electron chi connectivity index (χ2n) is 4.31. The first-order valence-electron chi connectivity index (χ1n) is 5.93. The Labute approximate surface area is 123 Å². The number of carboxylic acid groups (broad SMARTS) is 1. The van der Waals surface area contributed by atoms with Gasteiger partial charge in [-0.3, -0.25) is 0 Å². The van der Waals surface area contributed by atoms with Crippen LogP contribution in [0.4, 0.5) is 13.2 Å². The molecule has 0 bridgehead atoms. The van der Waals surface area contributed by atoms with Crippen molar-refractivity contribution in [3.63, 3.8) is 0 Å². The largest absolute Gasteiger partial charge is 0.477 e. The summed E-state index contributed by atoms with van der Waals surface area (Å²) in [4.78, 5) is 10.8. The van der Waals surface area contributed by atoms with Crippen molar-refractivity contribution in [1.82, 2.24) is 4.72 Å². The number of alkyl halides is 3. The minimum absolute atomic E-state index is 0.0493. The van der Waals surface area contributed by atoms with E-state index in [0.717, 1.165) is 17.4 Å². The summed E-state index contributed by atoms with van der Waals surface area (Å²) in [6, 6.07) is 1.04. The van der Waals surface area contributed by atoms with E-state index in [1.54, 1.807) is 0 Å². The molecule has 21 heavy (non-hydrogen) atoms. The number of carbonyl (C=O) groups is 1. The van der Waals surface area contributed by atoms with Gasteiger partial charge in [0.2, 0.25) is 10.0 Å². The monoisotopic (exact) mass is 345 g/mol. The Kier molecular flexibility index (Phi) is 5.76. The highest BCUT2D eigenvalue weighted by Crippen LogP contribution is 2.26. The molecule has 0 aliphatic rings. The molecule has 0 saturated heterocycles. The van der Waals surface area contributed by atoms with E-state index in [4.69, 9.17) is 5.11 Å². The average molecular weight is 345 g/mol. The van der Waals surface area contributed by atoms with E-state index in [2.05, 4.69) is 4.72 Å². The third-order valence-corrected chi connectivity index (χ3v) is 5.31. The van der Waals surface area contributed by atoms with Crippen LogP contribution >= 0.6 is 11.3 Å². The number of rotatable bonds is 7. The van der Waals surface area contributed by atoms with Crippen LogP contribution in [0.25, 0.3) is 0 Å². The molecule has 0 amide bonds. The van der Waals surface area contributed by atoms with Crippen LogP contribution in [-0.4, -0.2) is 32.2 Å². The number of hydrogen-bond donors (Lipinski definition) is 2. The van der Waals surface area contributed by atoms with Crippen LogP contribution in [0.15, 0.2) is 11.0 Å². The zero-order valence-electron chi connectivity index (χ0n) is 11.0. The van der Waals surface area contributed by atoms with Crippen molar-refractivity contribution in [3.8, 4) is 0 Å². The smallest absolute Gasteiger partial charge is 0.389 e. The molecule has 1 rings (SSSR count). The maximum Gasteiger partial charge on any atom is 0.389 e. The van der Waals surface area contributed by atoms with Crippen LogP contribution in [0.3, 0.4) is 0 Å². The maximum atomic E-state index is 11.9. The molecule has 0 unspecified atom stereocenters. The highest BCUT2D eigenvalue weighted by atomic mass is 32.2. The van der Waals surface area contributed by atoms with Crippen LogP contribution in [-0.2, 0) is 10.0 Å². The first-order valence-corrected chi connectivity index (χ1v) is 8.23. The molecule has 1 heterocycles. The van der Waals surface area contributed by atoms with Crippen molar-refractivity contribution in [3.05, 3.63) is 15.8 Å². The fourth-order valence-electron chi connectivity index (χ4n) is 1.57. The van der Waals surface area contributed by atoms with Gasteiger partial charge in [0.05, 0.1) is 4.90 Å². The van der Waals surface area contributed by atoms with Gasteiger partial charge >= 0.3 is 12.1 Å². The average Bonchev–Trinajstić information content (AvgIpc) is 2.70. The summed E-state index contributed by atoms with van der Waals surface area (Å²) in [6.07, 6.45) is -5.34. The lowest BCUT2D eigenvalue weighted by atomic mass is 10.2. The van der Waals surface area contributed by atoms with Crippen molar-refractivity contribution in [2.45, 2.75) is 37.3 Å². The summed E-state index contributed by atoms with van der Waals surface area (Å²) in [5.74, 6) is -1.23. The number of aryl methyl sites for hydroxylation is 1. The molecule has 5 nitrogen and oxygen atoms in total. The zero-order chi connectivity index (χ0) is 16.3. The second kappa shape index (κ2) is 6.75. The first kappa shape index (κ1) is 17.9. The van der Waals surface area contributed by atoms with Gasteiger partial charge in [0.1, 0.15) is 4.88 Å². The molecule has 10 heteroatoms. The SMILES string of the molecule is Cc1sc(C(=O)O)cc1S(=O)(=O)NCCCCC(F)(F)F. The van der Waals surface area contributed by atoms with Crippen LogP contribution in [0, 0.1) is 6.92 Å². The van der Waals surface area contributed by atoms with Crippen molar-refractivity contribution in [2.75, 3.05) is 6.54 Å². The predicted octanol–water partition coefficient (Wildman–Crippen LogP) is 2.77. The van der Waals surface area contributed by atoms with Gasteiger partial charge in [0, 0.05) is 17.8 Å². The minimum Gasteiger partial charge on any atom is -0.477 e. The van der Waals surface area contributed by atoms with Gasteiger partial charge in [0.15, 0.2) is 0 Å². The van der Waals surface area contributed by atoms with E-state index < -0.39 is 28.6 Å². The van der Waals surface area contributed by atoms with E-state index in [9.17, 15) is 26.4 Å². The van der Waals surface area contributed by atoms with Crippen LogP contribution < -0.4 is 4.72 Å².